The van der Waals surface area contributed by atoms with Gasteiger partial charge in [0.15, 0.2) is 11.5 Å². The number of esters is 1. The third kappa shape index (κ3) is 4.53. The summed E-state index contributed by atoms with van der Waals surface area (Å²) < 4.78 is 10.8. The Labute approximate surface area is 140 Å². The molecule has 0 saturated carbocycles. The van der Waals surface area contributed by atoms with Crippen LogP contribution in [-0.4, -0.2) is 42.1 Å². The van der Waals surface area contributed by atoms with Gasteiger partial charge in [-0.2, -0.15) is 0 Å². The van der Waals surface area contributed by atoms with E-state index in [4.69, 9.17) is 9.47 Å². The van der Waals surface area contributed by atoms with E-state index in [1.165, 1.54) is 0 Å². The van der Waals surface area contributed by atoms with Crippen molar-refractivity contribution in [3.63, 3.8) is 0 Å². The Kier molecular flexibility index (Phi) is 7.09. The molecule has 0 aromatic heterocycles. The molecule has 3 nitrogen and oxygen atoms in total. The first-order valence-electron chi connectivity index (χ1n) is 5.91. The maximum atomic E-state index is 11.9. The molecule has 20 heavy (non-hydrogen) atoms. The van der Waals surface area contributed by atoms with Crippen LogP contribution in [0.15, 0.2) is 67.3 Å². The molecule has 0 spiro atoms. The Morgan fingerprint density at radius 3 is 2.25 bits per heavy atom. The van der Waals surface area contributed by atoms with E-state index in [1.807, 2.05) is 12.1 Å². The molecule has 0 radical (unpaired) electrons. The quantitative estimate of drug-likeness (QED) is 0.365. The molecule has 4 heteroatoms. The van der Waals surface area contributed by atoms with Gasteiger partial charge in [-0.05, 0) is 24.3 Å². The fraction of sp³-hybridized carbons (Fsp3) is 0.0625. The first-order valence-corrected chi connectivity index (χ1v) is 5.91. The molecule has 0 unspecified atom stereocenters. The van der Waals surface area contributed by atoms with E-state index in [1.54, 1.807) is 48.5 Å². The summed E-state index contributed by atoms with van der Waals surface area (Å²) in [7, 11) is 0. The molecule has 0 aliphatic heterocycles. The van der Waals surface area contributed by atoms with Crippen molar-refractivity contribution in [3.8, 4) is 11.5 Å². The van der Waals surface area contributed by atoms with Gasteiger partial charge in [-0.15, -0.1) is 0 Å². The van der Waals surface area contributed by atoms with Gasteiger partial charge in [-0.3, -0.25) is 0 Å². The van der Waals surface area contributed by atoms with Crippen LogP contribution in [0.2, 0.25) is 0 Å². The summed E-state index contributed by atoms with van der Waals surface area (Å²) in [5, 5.41) is 0. The van der Waals surface area contributed by atoms with Crippen LogP contribution < -0.4 is 9.47 Å². The van der Waals surface area contributed by atoms with Crippen molar-refractivity contribution in [1.29, 1.82) is 0 Å². The van der Waals surface area contributed by atoms with Crippen LogP contribution in [0.25, 0.3) is 0 Å². The van der Waals surface area contributed by atoms with Gasteiger partial charge in [0, 0.05) is 0 Å². The summed E-state index contributed by atoms with van der Waals surface area (Å²) in [5.74, 6) is 0.514. The first-order chi connectivity index (χ1) is 9.31. The molecule has 0 amide bonds. The molecular formula is C16H15NaO3. The number of hydrogen-bond acceptors (Lipinski definition) is 3. The molecule has 0 atom stereocenters. The molecule has 0 bridgehead atoms. The van der Waals surface area contributed by atoms with Crippen molar-refractivity contribution in [1.82, 2.24) is 0 Å². The van der Waals surface area contributed by atoms with E-state index < -0.39 is 5.97 Å². The van der Waals surface area contributed by atoms with Crippen molar-refractivity contribution in [3.05, 3.63) is 72.8 Å². The minimum absolute atomic E-state index is 0. The molecule has 2 rings (SSSR count). The van der Waals surface area contributed by atoms with Gasteiger partial charge in [0.1, 0.15) is 6.61 Å². The molecule has 0 heterocycles. The average molecular weight is 278 g/mol. The summed E-state index contributed by atoms with van der Waals surface area (Å²) in [6.45, 7) is 3.94. The zero-order chi connectivity index (χ0) is 13.5. The van der Waals surface area contributed by atoms with Crippen molar-refractivity contribution in [2.24, 2.45) is 0 Å². The second-order valence-corrected chi connectivity index (χ2v) is 3.80. The standard InChI is InChI=1S/C16H14O3.Na.H/c1-2-12-18-14-10-6-7-11-15(14)19-16(17)13-8-4-3-5-9-13;;/h2-11H,1,12H2;;. The Hall–Kier alpha value is -1.55. The number of carbonyl (C=O) groups is 1. The minimum atomic E-state index is -0.407. The fourth-order valence-electron chi connectivity index (χ4n) is 1.54. The van der Waals surface area contributed by atoms with Crippen LogP contribution in [0.5, 0.6) is 11.5 Å². The summed E-state index contributed by atoms with van der Waals surface area (Å²) >= 11 is 0. The molecule has 2 aromatic rings. The number of rotatable bonds is 5. The molecule has 2 aromatic carbocycles. The van der Waals surface area contributed by atoms with Crippen molar-refractivity contribution in [2.45, 2.75) is 0 Å². The predicted molar refractivity (Wildman–Crippen MR) is 80.7 cm³/mol. The van der Waals surface area contributed by atoms with Gasteiger partial charge >= 0.3 is 35.5 Å². The molecule has 0 N–H and O–H groups in total. The molecule has 0 aliphatic carbocycles. The van der Waals surface area contributed by atoms with E-state index in [0.717, 1.165) is 0 Å². The molecule has 0 saturated heterocycles. The zero-order valence-electron chi connectivity index (χ0n) is 10.4. The fourth-order valence-corrected chi connectivity index (χ4v) is 1.54. The average Bonchev–Trinajstić information content (AvgIpc) is 2.47. The number of hydrogen-bond donors (Lipinski definition) is 0. The second-order valence-electron chi connectivity index (χ2n) is 3.80. The third-order valence-electron chi connectivity index (χ3n) is 2.42. The summed E-state index contributed by atoms with van der Waals surface area (Å²) in [6.07, 6.45) is 1.63. The number of para-hydroxylation sites is 2. The van der Waals surface area contributed by atoms with Gasteiger partial charge in [0.25, 0.3) is 0 Å². The molecule has 0 aliphatic rings. The number of carbonyl (C=O) groups excluding carboxylic acids is 1. The van der Waals surface area contributed by atoms with Gasteiger partial charge < -0.3 is 9.47 Å². The molecule has 0 fully saturated rings. The normalized spacial score (nSPS) is 9.20. The number of ether oxygens (including phenoxy) is 2. The SMILES string of the molecule is C=CCOc1ccccc1OC(=O)c1ccccc1.[NaH]. The van der Waals surface area contributed by atoms with Gasteiger partial charge in [0.2, 0.25) is 0 Å². The zero-order valence-corrected chi connectivity index (χ0v) is 10.4. The topological polar surface area (TPSA) is 35.5 Å². The predicted octanol–water partition coefficient (Wildman–Crippen LogP) is 2.82. The van der Waals surface area contributed by atoms with Crippen LogP contribution in [0.1, 0.15) is 10.4 Å². The monoisotopic (exact) mass is 278 g/mol. The first kappa shape index (κ1) is 16.5. The summed E-state index contributed by atoms with van der Waals surface area (Å²) in [5.41, 5.74) is 0.501. The van der Waals surface area contributed by atoms with Crippen molar-refractivity contribution in [2.75, 3.05) is 6.61 Å². The Morgan fingerprint density at radius 2 is 1.60 bits per heavy atom. The molecule has 98 valence electrons. The Morgan fingerprint density at radius 1 is 1.00 bits per heavy atom. The Bertz CT molecular complexity index is 567. The van der Waals surface area contributed by atoms with Crippen LogP contribution in [0.3, 0.4) is 0 Å². The Balaban J connectivity index is 0.00000200. The third-order valence-corrected chi connectivity index (χ3v) is 2.42. The van der Waals surface area contributed by atoms with Gasteiger partial charge in [-0.1, -0.05) is 43.0 Å². The van der Waals surface area contributed by atoms with E-state index in [2.05, 4.69) is 6.58 Å². The van der Waals surface area contributed by atoms with Gasteiger partial charge in [-0.25, -0.2) is 4.79 Å². The number of benzene rings is 2. The van der Waals surface area contributed by atoms with Gasteiger partial charge in [0.05, 0.1) is 5.56 Å². The van der Waals surface area contributed by atoms with Crippen molar-refractivity contribution >= 4 is 35.5 Å². The maximum absolute atomic E-state index is 11.9. The van der Waals surface area contributed by atoms with E-state index in [0.29, 0.717) is 23.7 Å². The van der Waals surface area contributed by atoms with E-state index in [9.17, 15) is 4.79 Å². The molecular weight excluding hydrogens is 263 g/mol. The second kappa shape index (κ2) is 8.59. The summed E-state index contributed by atoms with van der Waals surface area (Å²) in [4.78, 5) is 11.9. The van der Waals surface area contributed by atoms with E-state index >= 15 is 0 Å². The van der Waals surface area contributed by atoms with Crippen molar-refractivity contribution < 1.29 is 14.3 Å². The summed E-state index contributed by atoms with van der Waals surface area (Å²) in [6, 6.07) is 15.9. The van der Waals surface area contributed by atoms with Crippen LogP contribution >= 0.6 is 0 Å². The van der Waals surface area contributed by atoms with E-state index in [-0.39, 0.29) is 29.6 Å². The van der Waals surface area contributed by atoms with Crippen LogP contribution in [0, 0.1) is 0 Å². The van der Waals surface area contributed by atoms with Crippen LogP contribution in [-0.2, 0) is 0 Å². The van der Waals surface area contributed by atoms with Crippen LogP contribution in [0.4, 0.5) is 0 Å².